The summed E-state index contributed by atoms with van der Waals surface area (Å²) in [6.45, 7) is 13.4. The monoisotopic (exact) mass is 358 g/mol. The summed E-state index contributed by atoms with van der Waals surface area (Å²) in [5.74, 6) is 0.113. The predicted octanol–water partition coefficient (Wildman–Crippen LogP) is 3.79. The van der Waals surface area contributed by atoms with Crippen LogP contribution >= 0.6 is 15.9 Å². The molecule has 0 aliphatic heterocycles. The normalized spacial score (nSPS) is 13.5. The van der Waals surface area contributed by atoms with Gasteiger partial charge in [-0.05, 0) is 41.6 Å². The van der Waals surface area contributed by atoms with Crippen molar-refractivity contribution >= 4 is 21.7 Å². The van der Waals surface area contributed by atoms with Gasteiger partial charge in [0.15, 0.2) is 5.78 Å². The summed E-state index contributed by atoms with van der Waals surface area (Å²) in [7, 11) is 0. The zero-order chi connectivity index (χ0) is 16.2. The fraction of sp³-hybridized carbons (Fsp3) is 0.750. The van der Waals surface area contributed by atoms with Crippen molar-refractivity contribution < 1.29 is 9.53 Å². The number of Topliss-reactive ketones (excluding diaryl/α,β-unsaturated/α-hetero) is 1. The Labute approximate surface area is 136 Å². The van der Waals surface area contributed by atoms with Crippen LogP contribution in [0.5, 0.6) is 0 Å². The molecule has 0 aliphatic rings. The number of nitrogens with zero attached hydrogens (tertiary/aromatic N) is 2. The number of carbonyl (C=O) groups excluding carboxylic acids is 1. The van der Waals surface area contributed by atoms with Crippen molar-refractivity contribution in [3.63, 3.8) is 0 Å². The lowest BCUT2D eigenvalue weighted by Gasteiger charge is -2.29. The van der Waals surface area contributed by atoms with Crippen LogP contribution in [0.3, 0.4) is 0 Å². The fourth-order valence-electron chi connectivity index (χ4n) is 2.44. The van der Waals surface area contributed by atoms with Gasteiger partial charge in [-0.25, -0.2) is 0 Å². The minimum absolute atomic E-state index is 0.113. The highest BCUT2D eigenvalue weighted by Crippen LogP contribution is 2.27. The molecule has 1 atom stereocenters. The van der Waals surface area contributed by atoms with E-state index in [0.29, 0.717) is 13.0 Å². The second-order valence-electron chi connectivity index (χ2n) is 6.22. The maximum atomic E-state index is 12.7. The van der Waals surface area contributed by atoms with Crippen LogP contribution in [0.1, 0.15) is 52.9 Å². The van der Waals surface area contributed by atoms with Gasteiger partial charge in [-0.3, -0.25) is 9.48 Å². The summed E-state index contributed by atoms with van der Waals surface area (Å²) in [5.41, 5.74) is 1.75. The van der Waals surface area contributed by atoms with E-state index in [9.17, 15) is 4.79 Å². The molecular formula is C16H27BrN2O2. The van der Waals surface area contributed by atoms with Crippen LogP contribution in [-0.2, 0) is 28.9 Å². The minimum Gasteiger partial charge on any atom is -0.370 e. The lowest BCUT2D eigenvalue weighted by Crippen LogP contribution is -2.38. The topological polar surface area (TPSA) is 44.1 Å². The van der Waals surface area contributed by atoms with Crippen LogP contribution in [0.15, 0.2) is 4.47 Å². The highest BCUT2D eigenvalue weighted by Gasteiger charge is 2.32. The first-order valence-electron chi connectivity index (χ1n) is 7.64. The quantitative estimate of drug-likeness (QED) is 0.744. The van der Waals surface area contributed by atoms with Gasteiger partial charge in [-0.2, -0.15) is 5.10 Å². The molecule has 0 saturated carbocycles. The molecule has 21 heavy (non-hydrogen) atoms. The Morgan fingerprint density at radius 2 is 1.95 bits per heavy atom. The first-order chi connectivity index (χ1) is 9.76. The summed E-state index contributed by atoms with van der Waals surface area (Å²) in [6.07, 6.45) is 0.812. The molecule has 1 aromatic heterocycles. The largest absolute Gasteiger partial charge is 0.370 e. The molecule has 1 rings (SSSR count). The molecule has 0 bridgehead atoms. The Morgan fingerprint density at radius 3 is 2.38 bits per heavy atom. The third kappa shape index (κ3) is 4.39. The van der Waals surface area contributed by atoms with Gasteiger partial charge < -0.3 is 4.74 Å². The average Bonchev–Trinajstić information content (AvgIpc) is 2.71. The minimum atomic E-state index is -0.389. The third-order valence-corrected chi connectivity index (χ3v) is 4.36. The molecule has 4 nitrogen and oxygen atoms in total. The van der Waals surface area contributed by atoms with E-state index in [0.717, 1.165) is 28.8 Å². The average molecular weight is 359 g/mol. The first-order valence-corrected chi connectivity index (χ1v) is 8.43. The number of halogens is 1. The number of hydrogen-bond donors (Lipinski definition) is 0. The van der Waals surface area contributed by atoms with Gasteiger partial charge in [0, 0.05) is 13.2 Å². The Morgan fingerprint density at radius 1 is 1.33 bits per heavy atom. The van der Waals surface area contributed by atoms with Crippen molar-refractivity contribution in [3.8, 4) is 0 Å². The van der Waals surface area contributed by atoms with Crippen LogP contribution in [0.4, 0.5) is 0 Å². The Kier molecular flexibility index (Phi) is 6.60. The van der Waals surface area contributed by atoms with Gasteiger partial charge in [0.2, 0.25) is 0 Å². The standard InChI is InChI=1S/C16H27BrN2O2/c1-7-11-14(17)12(19(8-2)18-11)10-13(20)15(21-9-3)16(4,5)6/h15H,7-10H2,1-6H3. The van der Waals surface area contributed by atoms with E-state index in [1.165, 1.54) is 0 Å². The smallest absolute Gasteiger partial charge is 0.168 e. The van der Waals surface area contributed by atoms with Crippen LogP contribution in [-0.4, -0.2) is 28.3 Å². The molecule has 0 spiro atoms. The van der Waals surface area contributed by atoms with Crippen molar-refractivity contribution in [2.24, 2.45) is 5.41 Å². The molecule has 0 amide bonds. The summed E-state index contributed by atoms with van der Waals surface area (Å²) >= 11 is 3.59. The molecule has 0 aliphatic carbocycles. The molecule has 1 heterocycles. The van der Waals surface area contributed by atoms with Crippen LogP contribution in [0.25, 0.3) is 0 Å². The van der Waals surface area contributed by atoms with Crippen LogP contribution in [0.2, 0.25) is 0 Å². The second-order valence-corrected chi connectivity index (χ2v) is 7.01. The number of aryl methyl sites for hydroxylation is 2. The maximum Gasteiger partial charge on any atom is 0.168 e. The molecule has 5 heteroatoms. The Hall–Kier alpha value is -0.680. The summed E-state index contributed by atoms with van der Waals surface area (Å²) in [5, 5.41) is 4.54. The van der Waals surface area contributed by atoms with E-state index in [1.807, 2.05) is 39.3 Å². The fourth-order valence-corrected chi connectivity index (χ4v) is 3.14. The van der Waals surface area contributed by atoms with Crippen molar-refractivity contribution in [3.05, 3.63) is 15.9 Å². The maximum absolute atomic E-state index is 12.7. The molecule has 1 unspecified atom stereocenters. The SMILES string of the molecule is CCOC(C(=O)Cc1c(Br)c(CC)nn1CC)C(C)(C)C. The van der Waals surface area contributed by atoms with Crippen LogP contribution in [0, 0.1) is 5.41 Å². The molecule has 0 fully saturated rings. The second kappa shape index (κ2) is 7.54. The highest BCUT2D eigenvalue weighted by atomic mass is 79.9. The highest BCUT2D eigenvalue weighted by molar-refractivity contribution is 9.10. The molecule has 120 valence electrons. The van der Waals surface area contributed by atoms with Crippen LogP contribution < -0.4 is 0 Å². The summed E-state index contributed by atoms with van der Waals surface area (Å²) in [6, 6.07) is 0. The zero-order valence-electron chi connectivity index (χ0n) is 14.0. The number of ketones is 1. The number of ether oxygens (including phenoxy) is 1. The molecule has 0 N–H and O–H groups in total. The van der Waals surface area contributed by atoms with Gasteiger partial charge >= 0.3 is 0 Å². The zero-order valence-corrected chi connectivity index (χ0v) is 15.6. The van der Waals surface area contributed by atoms with E-state index in [2.05, 4.69) is 28.0 Å². The number of carbonyl (C=O) groups is 1. The predicted molar refractivity (Wildman–Crippen MR) is 88.6 cm³/mol. The molecule has 0 radical (unpaired) electrons. The van der Waals surface area contributed by atoms with Gasteiger partial charge in [0.25, 0.3) is 0 Å². The first kappa shape index (κ1) is 18.4. The van der Waals surface area contributed by atoms with E-state index < -0.39 is 0 Å². The summed E-state index contributed by atoms with van der Waals surface area (Å²) in [4.78, 5) is 12.7. The van der Waals surface area contributed by atoms with Gasteiger partial charge in [-0.15, -0.1) is 0 Å². The lowest BCUT2D eigenvalue weighted by molar-refractivity contribution is -0.136. The van der Waals surface area contributed by atoms with Crippen molar-refractivity contribution in [1.82, 2.24) is 9.78 Å². The van der Waals surface area contributed by atoms with Gasteiger partial charge in [-0.1, -0.05) is 27.7 Å². The number of hydrogen-bond acceptors (Lipinski definition) is 3. The lowest BCUT2D eigenvalue weighted by atomic mass is 9.85. The molecular weight excluding hydrogens is 332 g/mol. The number of rotatable bonds is 7. The molecule has 0 saturated heterocycles. The van der Waals surface area contributed by atoms with Crippen molar-refractivity contribution in [1.29, 1.82) is 0 Å². The van der Waals surface area contributed by atoms with Gasteiger partial charge in [0.1, 0.15) is 6.10 Å². The van der Waals surface area contributed by atoms with Gasteiger partial charge in [0.05, 0.1) is 22.3 Å². The van der Waals surface area contributed by atoms with Crippen molar-refractivity contribution in [2.45, 2.75) is 67.0 Å². The van der Waals surface area contributed by atoms with E-state index in [4.69, 9.17) is 4.74 Å². The van der Waals surface area contributed by atoms with E-state index in [1.54, 1.807) is 0 Å². The molecule has 1 aromatic rings. The summed E-state index contributed by atoms with van der Waals surface area (Å²) < 4.78 is 8.56. The van der Waals surface area contributed by atoms with E-state index >= 15 is 0 Å². The van der Waals surface area contributed by atoms with Crippen molar-refractivity contribution in [2.75, 3.05) is 6.61 Å². The molecule has 0 aromatic carbocycles. The number of aromatic nitrogens is 2. The Bertz CT molecular complexity index is 489. The van der Waals surface area contributed by atoms with E-state index in [-0.39, 0.29) is 17.3 Å². The Balaban J connectivity index is 3.04. The third-order valence-electron chi connectivity index (χ3n) is 3.45.